The Hall–Kier alpha value is -1.44. The van der Waals surface area contributed by atoms with Crippen molar-refractivity contribution in [1.82, 2.24) is 9.62 Å². The monoisotopic (exact) mass is 351 g/mol. The third-order valence-corrected chi connectivity index (χ3v) is 7.00. The molecule has 3 rings (SSSR count). The number of carbonyl (C=O) groups is 1. The lowest BCUT2D eigenvalue weighted by Crippen LogP contribution is -2.43. The molecule has 7 heteroatoms. The second kappa shape index (κ2) is 6.46. The number of nitrogens with one attached hydrogen (secondary N) is 1. The van der Waals surface area contributed by atoms with Crippen LogP contribution in [-0.4, -0.2) is 50.9 Å². The number of piperidine rings is 1. The molecule has 2 heterocycles. The number of sulfonamides is 1. The summed E-state index contributed by atoms with van der Waals surface area (Å²) < 4.78 is 27.4. The van der Waals surface area contributed by atoms with Crippen LogP contribution in [0.4, 0.5) is 5.69 Å². The SMILES string of the molecule is CNC1CCN(S(=O)(=O)c2ccc3c(c2)CC(C)N3C(C)=O)CC1. The Morgan fingerprint density at radius 2 is 1.92 bits per heavy atom. The summed E-state index contributed by atoms with van der Waals surface area (Å²) in [4.78, 5) is 13.9. The van der Waals surface area contributed by atoms with E-state index in [1.807, 2.05) is 14.0 Å². The summed E-state index contributed by atoms with van der Waals surface area (Å²) in [6.45, 7) is 4.61. The van der Waals surface area contributed by atoms with E-state index >= 15 is 0 Å². The average molecular weight is 351 g/mol. The molecular formula is C17H25N3O3S. The van der Waals surface area contributed by atoms with E-state index in [2.05, 4.69) is 5.32 Å². The molecule has 24 heavy (non-hydrogen) atoms. The minimum absolute atomic E-state index is 0.00834. The summed E-state index contributed by atoms with van der Waals surface area (Å²) in [5.41, 5.74) is 1.77. The van der Waals surface area contributed by atoms with E-state index in [4.69, 9.17) is 0 Å². The maximum absolute atomic E-state index is 12.9. The Balaban J connectivity index is 1.86. The lowest BCUT2D eigenvalue weighted by molar-refractivity contribution is -0.116. The van der Waals surface area contributed by atoms with Crippen LogP contribution < -0.4 is 10.2 Å². The van der Waals surface area contributed by atoms with E-state index in [9.17, 15) is 13.2 Å². The van der Waals surface area contributed by atoms with Crippen LogP contribution in [-0.2, 0) is 21.2 Å². The Labute approximate surface area is 143 Å². The molecule has 1 amide bonds. The van der Waals surface area contributed by atoms with Crippen LogP contribution in [0.1, 0.15) is 32.3 Å². The summed E-state index contributed by atoms with van der Waals surface area (Å²) in [7, 11) is -1.55. The molecule has 1 aromatic rings. The van der Waals surface area contributed by atoms with Gasteiger partial charge in [0.15, 0.2) is 0 Å². The smallest absolute Gasteiger partial charge is 0.243 e. The Morgan fingerprint density at radius 3 is 2.50 bits per heavy atom. The molecule has 2 aliphatic rings. The maximum atomic E-state index is 12.9. The summed E-state index contributed by atoms with van der Waals surface area (Å²) in [5.74, 6) is -0.00834. The first-order valence-corrected chi connectivity index (χ1v) is 9.88. The molecule has 6 nitrogen and oxygen atoms in total. The lowest BCUT2D eigenvalue weighted by Gasteiger charge is -2.31. The number of anilines is 1. The summed E-state index contributed by atoms with van der Waals surface area (Å²) in [5, 5.41) is 3.21. The number of fused-ring (bicyclic) bond motifs is 1. The van der Waals surface area contributed by atoms with Crippen LogP contribution in [0.5, 0.6) is 0 Å². The number of nitrogens with zero attached hydrogens (tertiary/aromatic N) is 2. The number of rotatable bonds is 3. The van der Waals surface area contributed by atoms with E-state index in [0.29, 0.717) is 30.4 Å². The van der Waals surface area contributed by atoms with Crippen molar-refractivity contribution in [3.05, 3.63) is 23.8 Å². The van der Waals surface area contributed by atoms with Gasteiger partial charge in [-0.25, -0.2) is 8.42 Å². The lowest BCUT2D eigenvalue weighted by atomic mass is 10.1. The van der Waals surface area contributed by atoms with Gasteiger partial charge in [0.05, 0.1) is 4.90 Å². The number of benzene rings is 1. The zero-order chi connectivity index (χ0) is 17.5. The first-order chi connectivity index (χ1) is 11.3. The quantitative estimate of drug-likeness (QED) is 0.893. The van der Waals surface area contributed by atoms with Crippen LogP contribution in [0.25, 0.3) is 0 Å². The van der Waals surface area contributed by atoms with Gasteiger partial charge in [0, 0.05) is 37.8 Å². The van der Waals surface area contributed by atoms with Crippen molar-refractivity contribution in [2.24, 2.45) is 0 Å². The normalized spacial score (nSPS) is 22.6. The minimum atomic E-state index is -3.47. The minimum Gasteiger partial charge on any atom is -0.317 e. The Kier molecular flexibility index (Phi) is 4.68. The summed E-state index contributed by atoms with van der Waals surface area (Å²) in [6, 6.07) is 5.61. The number of hydrogen-bond acceptors (Lipinski definition) is 4. The third kappa shape index (κ3) is 2.96. The van der Waals surface area contributed by atoms with E-state index in [-0.39, 0.29) is 11.9 Å². The summed E-state index contributed by atoms with van der Waals surface area (Å²) >= 11 is 0. The molecule has 1 fully saturated rings. The topological polar surface area (TPSA) is 69.7 Å². The van der Waals surface area contributed by atoms with Crippen LogP contribution in [0.2, 0.25) is 0 Å². The van der Waals surface area contributed by atoms with E-state index in [1.54, 1.807) is 34.3 Å². The highest BCUT2D eigenvalue weighted by molar-refractivity contribution is 7.89. The van der Waals surface area contributed by atoms with Gasteiger partial charge in [0.1, 0.15) is 0 Å². The zero-order valence-corrected chi connectivity index (χ0v) is 15.3. The molecule has 0 aromatic heterocycles. The van der Waals surface area contributed by atoms with Crippen molar-refractivity contribution >= 4 is 21.6 Å². The molecule has 1 aromatic carbocycles. The standard InChI is InChI=1S/C17H25N3O3S/c1-12-10-14-11-16(4-5-17(14)20(12)13(2)21)24(22,23)19-8-6-15(18-3)7-9-19/h4-5,11-12,15,18H,6-10H2,1-3H3. The van der Waals surface area contributed by atoms with Gasteiger partial charge in [-0.05, 0) is 57.0 Å². The molecule has 1 atom stereocenters. The Bertz CT molecular complexity index is 739. The van der Waals surface area contributed by atoms with Crippen molar-refractivity contribution in [2.45, 2.75) is 50.1 Å². The van der Waals surface area contributed by atoms with Crippen molar-refractivity contribution in [3.8, 4) is 0 Å². The molecular weight excluding hydrogens is 326 g/mol. The van der Waals surface area contributed by atoms with Gasteiger partial charge >= 0.3 is 0 Å². The molecule has 132 valence electrons. The molecule has 1 N–H and O–H groups in total. The Morgan fingerprint density at radius 1 is 1.25 bits per heavy atom. The maximum Gasteiger partial charge on any atom is 0.243 e. The highest BCUT2D eigenvalue weighted by atomic mass is 32.2. The fourth-order valence-electron chi connectivity index (χ4n) is 3.78. The largest absolute Gasteiger partial charge is 0.317 e. The molecule has 1 saturated heterocycles. The number of hydrogen-bond donors (Lipinski definition) is 1. The number of amides is 1. The molecule has 2 aliphatic heterocycles. The fraction of sp³-hybridized carbons (Fsp3) is 0.588. The van der Waals surface area contributed by atoms with Crippen LogP contribution in [0.3, 0.4) is 0 Å². The summed E-state index contributed by atoms with van der Waals surface area (Å²) in [6.07, 6.45) is 2.35. The zero-order valence-electron chi connectivity index (χ0n) is 14.4. The molecule has 1 unspecified atom stereocenters. The first kappa shape index (κ1) is 17.4. The highest BCUT2D eigenvalue weighted by Crippen LogP contribution is 2.34. The second-order valence-corrected chi connectivity index (χ2v) is 8.64. The van der Waals surface area contributed by atoms with E-state index in [0.717, 1.165) is 24.1 Å². The van der Waals surface area contributed by atoms with Crippen LogP contribution >= 0.6 is 0 Å². The van der Waals surface area contributed by atoms with Crippen LogP contribution in [0, 0.1) is 0 Å². The molecule has 0 bridgehead atoms. The molecule has 0 radical (unpaired) electrons. The van der Waals surface area contributed by atoms with Crippen molar-refractivity contribution in [2.75, 3.05) is 25.0 Å². The molecule has 0 aliphatic carbocycles. The van der Waals surface area contributed by atoms with Crippen molar-refractivity contribution in [1.29, 1.82) is 0 Å². The van der Waals surface area contributed by atoms with Gasteiger partial charge in [-0.15, -0.1) is 0 Å². The van der Waals surface area contributed by atoms with Gasteiger partial charge in [-0.1, -0.05) is 0 Å². The van der Waals surface area contributed by atoms with E-state index < -0.39 is 10.0 Å². The van der Waals surface area contributed by atoms with Gasteiger partial charge in [-0.3, -0.25) is 4.79 Å². The molecule has 0 saturated carbocycles. The van der Waals surface area contributed by atoms with E-state index in [1.165, 1.54) is 0 Å². The third-order valence-electron chi connectivity index (χ3n) is 5.11. The average Bonchev–Trinajstić information content (AvgIpc) is 2.89. The first-order valence-electron chi connectivity index (χ1n) is 8.44. The molecule has 0 spiro atoms. The second-order valence-electron chi connectivity index (χ2n) is 6.70. The fourth-order valence-corrected chi connectivity index (χ4v) is 5.30. The van der Waals surface area contributed by atoms with Gasteiger partial charge in [0.25, 0.3) is 0 Å². The highest BCUT2D eigenvalue weighted by Gasteiger charge is 2.33. The predicted molar refractivity (Wildman–Crippen MR) is 93.6 cm³/mol. The number of carbonyl (C=O) groups excluding carboxylic acids is 1. The predicted octanol–water partition coefficient (Wildman–Crippen LogP) is 1.36. The van der Waals surface area contributed by atoms with Crippen LogP contribution in [0.15, 0.2) is 23.1 Å². The van der Waals surface area contributed by atoms with Crippen molar-refractivity contribution < 1.29 is 13.2 Å². The van der Waals surface area contributed by atoms with Gasteiger partial charge < -0.3 is 10.2 Å². The van der Waals surface area contributed by atoms with Crippen molar-refractivity contribution in [3.63, 3.8) is 0 Å². The van der Waals surface area contributed by atoms with Gasteiger partial charge in [-0.2, -0.15) is 4.31 Å². The van der Waals surface area contributed by atoms with Gasteiger partial charge in [0.2, 0.25) is 15.9 Å².